The first-order chi connectivity index (χ1) is 12.8. The van der Waals surface area contributed by atoms with E-state index < -0.39 is 10.0 Å². The van der Waals surface area contributed by atoms with E-state index in [1.807, 2.05) is 11.6 Å². The number of halogens is 1. The van der Waals surface area contributed by atoms with Crippen molar-refractivity contribution >= 4 is 39.4 Å². The number of imidazole rings is 1. The highest BCUT2D eigenvalue weighted by Gasteiger charge is 2.20. The molecule has 0 spiro atoms. The normalized spacial score (nSPS) is 17.5. The lowest BCUT2D eigenvalue weighted by atomic mass is 10.1. The summed E-state index contributed by atoms with van der Waals surface area (Å²) in [5, 5.41) is 6.34. The number of amides is 1. The van der Waals surface area contributed by atoms with E-state index in [2.05, 4.69) is 15.6 Å². The molecular formula is C18H28ClN5O3S. The minimum absolute atomic E-state index is 0. The molecular weight excluding hydrogens is 402 g/mol. The average Bonchev–Trinajstić information content (AvgIpc) is 2.96. The van der Waals surface area contributed by atoms with E-state index in [4.69, 9.17) is 0 Å². The summed E-state index contributed by atoms with van der Waals surface area (Å²) < 4.78 is 27.7. The van der Waals surface area contributed by atoms with Crippen LogP contribution in [0.5, 0.6) is 0 Å². The fourth-order valence-corrected chi connectivity index (χ4v) is 4.25. The summed E-state index contributed by atoms with van der Waals surface area (Å²) in [6.07, 6.45) is 2.95. The molecule has 10 heteroatoms. The molecule has 8 nitrogen and oxygen atoms in total. The molecule has 0 radical (unpaired) electrons. The lowest BCUT2D eigenvalue weighted by molar-refractivity contribution is -0.121. The maximum Gasteiger partial charge on any atom is 0.242 e. The summed E-state index contributed by atoms with van der Waals surface area (Å²) in [6, 6.07) is 5.13. The van der Waals surface area contributed by atoms with Crippen LogP contribution in [-0.4, -0.2) is 61.4 Å². The number of carbonyl (C=O) groups is 1. The standard InChI is InChI=1S/C18H27N5O3S.ClH/c1-22(2)27(25,26)14-6-7-16-15(11-14)21-17(23(16)3)8-9-18(24)20-13-5-4-10-19-12-13;/h6-7,11,13,19H,4-5,8-10,12H2,1-3H3,(H,20,24);1H. The van der Waals surface area contributed by atoms with Crippen molar-refractivity contribution in [3.63, 3.8) is 0 Å². The Hall–Kier alpha value is -1.68. The lowest BCUT2D eigenvalue weighted by Crippen LogP contribution is -2.45. The van der Waals surface area contributed by atoms with Gasteiger partial charge in [0, 0.05) is 46.6 Å². The molecule has 1 aromatic carbocycles. The number of piperidine rings is 1. The smallest absolute Gasteiger partial charge is 0.242 e. The van der Waals surface area contributed by atoms with Crippen LogP contribution in [-0.2, 0) is 28.3 Å². The summed E-state index contributed by atoms with van der Waals surface area (Å²) in [7, 11) is 1.39. The summed E-state index contributed by atoms with van der Waals surface area (Å²) in [5.74, 6) is 0.785. The number of benzene rings is 1. The average molecular weight is 430 g/mol. The van der Waals surface area contributed by atoms with Crippen molar-refractivity contribution in [2.24, 2.45) is 7.05 Å². The molecule has 1 amide bonds. The highest BCUT2D eigenvalue weighted by atomic mass is 35.5. The van der Waals surface area contributed by atoms with Crippen molar-refractivity contribution in [1.82, 2.24) is 24.5 Å². The molecule has 1 fully saturated rings. The zero-order valence-electron chi connectivity index (χ0n) is 16.4. The van der Waals surface area contributed by atoms with Crippen molar-refractivity contribution in [2.45, 2.75) is 36.6 Å². The Morgan fingerprint density at radius 3 is 2.79 bits per heavy atom. The van der Waals surface area contributed by atoms with Crippen molar-refractivity contribution in [2.75, 3.05) is 27.2 Å². The number of aromatic nitrogens is 2. The number of fused-ring (bicyclic) bond motifs is 1. The van der Waals surface area contributed by atoms with E-state index in [0.717, 1.165) is 37.3 Å². The summed E-state index contributed by atoms with van der Waals surface area (Å²) in [4.78, 5) is 17.0. The number of sulfonamides is 1. The molecule has 28 heavy (non-hydrogen) atoms. The Kier molecular flexibility index (Phi) is 7.44. The second-order valence-electron chi connectivity index (χ2n) is 7.14. The monoisotopic (exact) mass is 429 g/mol. The van der Waals surface area contributed by atoms with Gasteiger partial charge in [-0.15, -0.1) is 12.4 Å². The third kappa shape index (κ3) is 4.83. The maximum atomic E-state index is 12.3. The van der Waals surface area contributed by atoms with Crippen LogP contribution in [0.15, 0.2) is 23.1 Å². The fourth-order valence-electron chi connectivity index (χ4n) is 3.32. The van der Waals surface area contributed by atoms with Gasteiger partial charge in [0.15, 0.2) is 0 Å². The van der Waals surface area contributed by atoms with Gasteiger partial charge in [-0.25, -0.2) is 17.7 Å². The first-order valence-corrected chi connectivity index (χ1v) is 10.6. The van der Waals surface area contributed by atoms with E-state index in [-0.39, 0.29) is 29.3 Å². The van der Waals surface area contributed by atoms with Crippen molar-refractivity contribution in [3.05, 3.63) is 24.0 Å². The zero-order chi connectivity index (χ0) is 19.6. The number of aryl methyl sites for hydroxylation is 2. The topological polar surface area (TPSA) is 96.3 Å². The molecule has 0 aliphatic carbocycles. The number of hydrogen-bond acceptors (Lipinski definition) is 5. The molecule has 3 rings (SSSR count). The van der Waals surface area contributed by atoms with Gasteiger partial charge in [-0.05, 0) is 37.6 Å². The van der Waals surface area contributed by atoms with Gasteiger partial charge in [0.2, 0.25) is 15.9 Å². The van der Waals surface area contributed by atoms with Crippen LogP contribution in [0, 0.1) is 0 Å². The Morgan fingerprint density at radius 2 is 2.14 bits per heavy atom. The first kappa shape index (κ1) is 22.6. The molecule has 1 aromatic heterocycles. The van der Waals surface area contributed by atoms with E-state index in [1.165, 1.54) is 18.4 Å². The molecule has 1 saturated heterocycles. The second-order valence-corrected chi connectivity index (χ2v) is 9.29. The van der Waals surface area contributed by atoms with Gasteiger partial charge in [-0.3, -0.25) is 4.79 Å². The molecule has 1 aliphatic rings. The predicted molar refractivity (Wildman–Crippen MR) is 111 cm³/mol. The van der Waals surface area contributed by atoms with Crippen LogP contribution in [0.1, 0.15) is 25.1 Å². The Balaban J connectivity index is 0.00000280. The number of nitrogens with one attached hydrogen (secondary N) is 2. The zero-order valence-corrected chi connectivity index (χ0v) is 18.1. The van der Waals surface area contributed by atoms with Gasteiger partial charge in [-0.1, -0.05) is 0 Å². The van der Waals surface area contributed by atoms with E-state index in [9.17, 15) is 13.2 Å². The molecule has 2 N–H and O–H groups in total. The van der Waals surface area contributed by atoms with Crippen molar-refractivity contribution in [3.8, 4) is 0 Å². The Bertz CT molecular complexity index is 936. The summed E-state index contributed by atoms with van der Waals surface area (Å²) in [6.45, 7) is 1.83. The molecule has 2 heterocycles. The Labute approximate surface area is 172 Å². The number of carbonyl (C=O) groups excluding carboxylic acids is 1. The highest BCUT2D eigenvalue weighted by molar-refractivity contribution is 7.89. The van der Waals surface area contributed by atoms with Gasteiger partial charge in [0.05, 0.1) is 15.9 Å². The molecule has 0 saturated carbocycles. The van der Waals surface area contributed by atoms with Crippen LogP contribution >= 0.6 is 12.4 Å². The van der Waals surface area contributed by atoms with E-state index in [1.54, 1.807) is 18.2 Å². The van der Waals surface area contributed by atoms with Crippen LogP contribution in [0.3, 0.4) is 0 Å². The van der Waals surface area contributed by atoms with E-state index >= 15 is 0 Å². The van der Waals surface area contributed by atoms with Gasteiger partial charge in [0.25, 0.3) is 0 Å². The number of rotatable bonds is 6. The number of nitrogens with zero attached hydrogens (tertiary/aromatic N) is 3. The van der Waals surface area contributed by atoms with Crippen molar-refractivity contribution in [1.29, 1.82) is 0 Å². The summed E-state index contributed by atoms with van der Waals surface area (Å²) >= 11 is 0. The van der Waals surface area contributed by atoms with Crippen LogP contribution in [0.4, 0.5) is 0 Å². The minimum atomic E-state index is -3.50. The molecule has 156 valence electrons. The molecule has 2 aromatic rings. The molecule has 1 aliphatic heterocycles. The third-order valence-corrected chi connectivity index (χ3v) is 6.77. The van der Waals surface area contributed by atoms with Crippen LogP contribution in [0.2, 0.25) is 0 Å². The van der Waals surface area contributed by atoms with Crippen LogP contribution < -0.4 is 10.6 Å². The van der Waals surface area contributed by atoms with Crippen molar-refractivity contribution < 1.29 is 13.2 Å². The van der Waals surface area contributed by atoms with E-state index in [0.29, 0.717) is 18.4 Å². The van der Waals surface area contributed by atoms with Gasteiger partial charge in [0.1, 0.15) is 5.82 Å². The number of hydrogen-bond donors (Lipinski definition) is 2. The third-order valence-electron chi connectivity index (χ3n) is 4.96. The maximum absolute atomic E-state index is 12.3. The minimum Gasteiger partial charge on any atom is -0.352 e. The highest BCUT2D eigenvalue weighted by Crippen LogP contribution is 2.21. The molecule has 0 bridgehead atoms. The van der Waals surface area contributed by atoms with Gasteiger partial charge < -0.3 is 15.2 Å². The lowest BCUT2D eigenvalue weighted by Gasteiger charge is -2.23. The van der Waals surface area contributed by atoms with Gasteiger partial charge in [-0.2, -0.15) is 0 Å². The molecule has 1 atom stereocenters. The summed E-state index contributed by atoms with van der Waals surface area (Å²) in [5.41, 5.74) is 1.46. The predicted octanol–water partition coefficient (Wildman–Crippen LogP) is 1.05. The van der Waals surface area contributed by atoms with Crippen LogP contribution in [0.25, 0.3) is 11.0 Å². The Morgan fingerprint density at radius 1 is 1.39 bits per heavy atom. The fraction of sp³-hybridized carbons (Fsp3) is 0.556. The quantitative estimate of drug-likeness (QED) is 0.715. The second kappa shape index (κ2) is 9.21. The molecule has 1 unspecified atom stereocenters. The van der Waals surface area contributed by atoms with Gasteiger partial charge >= 0.3 is 0 Å². The largest absolute Gasteiger partial charge is 0.352 e. The first-order valence-electron chi connectivity index (χ1n) is 9.17. The SMILES string of the molecule is CN(C)S(=O)(=O)c1ccc2c(c1)nc(CCC(=O)NC1CCCNC1)n2C.Cl.